The standard InChI is InChI=1S/C24H23NO4/c1-16-11-12-18(13-17(16)2)22(26)15-29-20-8-6-7-19(14-20)25-24(27)21-9-4-5-10-23(21)28-3/h4-14H,15H2,1-3H3,(H,25,27). The fraction of sp³-hybridized carbons (Fsp3) is 0.167. The van der Waals surface area contributed by atoms with E-state index < -0.39 is 0 Å². The van der Waals surface area contributed by atoms with Crippen LogP contribution in [0.1, 0.15) is 31.8 Å². The summed E-state index contributed by atoms with van der Waals surface area (Å²) < 4.78 is 10.9. The minimum Gasteiger partial charge on any atom is -0.496 e. The molecule has 0 bridgehead atoms. The molecule has 0 heterocycles. The Kier molecular flexibility index (Phi) is 6.29. The molecule has 1 amide bonds. The molecule has 0 aliphatic carbocycles. The molecule has 0 aliphatic heterocycles. The molecule has 5 heteroatoms. The number of ether oxygens (including phenoxy) is 2. The maximum absolute atomic E-state index is 12.5. The number of ketones is 1. The largest absolute Gasteiger partial charge is 0.496 e. The fourth-order valence-electron chi connectivity index (χ4n) is 2.84. The first kappa shape index (κ1) is 20.1. The van der Waals surface area contributed by atoms with Crippen LogP contribution in [0.25, 0.3) is 0 Å². The smallest absolute Gasteiger partial charge is 0.259 e. The van der Waals surface area contributed by atoms with E-state index in [-0.39, 0.29) is 18.3 Å². The molecule has 0 fully saturated rings. The van der Waals surface area contributed by atoms with Gasteiger partial charge in [0.2, 0.25) is 0 Å². The summed E-state index contributed by atoms with van der Waals surface area (Å²) in [5.74, 6) is 0.610. The molecular formula is C24H23NO4. The van der Waals surface area contributed by atoms with Gasteiger partial charge in [-0.15, -0.1) is 0 Å². The zero-order valence-electron chi connectivity index (χ0n) is 16.7. The van der Waals surface area contributed by atoms with Gasteiger partial charge in [-0.3, -0.25) is 9.59 Å². The number of aryl methyl sites for hydroxylation is 2. The van der Waals surface area contributed by atoms with E-state index in [0.717, 1.165) is 11.1 Å². The Hall–Kier alpha value is -3.60. The topological polar surface area (TPSA) is 64.6 Å². The van der Waals surface area contributed by atoms with Crippen molar-refractivity contribution in [2.75, 3.05) is 19.0 Å². The van der Waals surface area contributed by atoms with Gasteiger partial charge >= 0.3 is 0 Å². The molecule has 1 N–H and O–H groups in total. The summed E-state index contributed by atoms with van der Waals surface area (Å²) in [6.07, 6.45) is 0. The van der Waals surface area contributed by atoms with Crippen LogP contribution >= 0.6 is 0 Å². The number of amides is 1. The third-order valence-corrected chi connectivity index (χ3v) is 4.64. The first-order valence-corrected chi connectivity index (χ1v) is 9.25. The number of hydrogen-bond donors (Lipinski definition) is 1. The van der Waals surface area contributed by atoms with E-state index in [1.807, 2.05) is 26.0 Å². The van der Waals surface area contributed by atoms with Crippen molar-refractivity contribution in [3.63, 3.8) is 0 Å². The average molecular weight is 389 g/mol. The molecule has 0 unspecified atom stereocenters. The van der Waals surface area contributed by atoms with Crippen molar-refractivity contribution in [3.05, 3.63) is 89.0 Å². The van der Waals surface area contributed by atoms with E-state index in [0.29, 0.717) is 28.3 Å². The maximum atomic E-state index is 12.5. The van der Waals surface area contributed by atoms with Gasteiger partial charge in [0.05, 0.1) is 12.7 Å². The van der Waals surface area contributed by atoms with Crippen LogP contribution in [0.5, 0.6) is 11.5 Å². The van der Waals surface area contributed by atoms with Crippen molar-refractivity contribution in [2.45, 2.75) is 13.8 Å². The number of carbonyl (C=O) groups excluding carboxylic acids is 2. The summed E-state index contributed by atoms with van der Waals surface area (Å²) in [5.41, 5.74) is 3.83. The quantitative estimate of drug-likeness (QED) is 0.588. The average Bonchev–Trinajstić information content (AvgIpc) is 2.74. The van der Waals surface area contributed by atoms with Crippen molar-refractivity contribution < 1.29 is 19.1 Å². The lowest BCUT2D eigenvalue weighted by atomic mass is 10.0. The van der Waals surface area contributed by atoms with Gasteiger partial charge in [-0.05, 0) is 55.3 Å². The third-order valence-electron chi connectivity index (χ3n) is 4.64. The Morgan fingerprint density at radius 1 is 0.897 bits per heavy atom. The summed E-state index contributed by atoms with van der Waals surface area (Å²) in [7, 11) is 1.52. The number of rotatable bonds is 7. The van der Waals surface area contributed by atoms with Gasteiger partial charge in [0.1, 0.15) is 11.5 Å². The van der Waals surface area contributed by atoms with Crippen LogP contribution in [0.4, 0.5) is 5.69 Å². The lowest BCUT2D eigenvalue weighted by Gasteiger charge is -2.11. The minimum absolute atomic E-state index is 0.0770. The van der Waals surface area contributed by atoms with Crippen LogP contribution in [-0.2, 0) is 0 Å². The first-order valence-electron chi connectivity index (χ1n) is 9.25. The molecule has 0 radical (unpaired) electrons. The molecule has 3 rings (SSSR count). The number of para-hydroxylation sites is 1. The molecule has 0 atom stereocenters. The van der Waals surface area contributed by atoms with E-state index in [1.54, 1.807) is 54.6 Å². The zero-order valence-corrected chi connectivity index (χ0v) is 16.7. The van der Waals surface area contributed by atoms with E-state index in [1.165, 1.54) is 7.11 Å². The molecular weight excluding hydrogens is 366 g/mol. The van der Waals surface area contributed by atoms with Crippen LogP contribution in [-0.4, -0.2) is 25.4 Å². The molecule has 0 saturated carbocycles. The third kappa shape index (κ3) is 5.02. The van der Waals surface area contributed by atoms with Crippen molar-refractivity contribution >= 4 is 17.4 Å². The summed E-state index contributed by atoms with van der Waals surface area (Å²) in [4.78, 5) is 24.9. The van der Waals surface area contributed by atoms with Crippen LogP contribution in [0, 0.1) is 13.8 Å². The molecule has 3 aromatic carbocycles. The number of nitrogens with one attached hydrogen (secondary N) is 1. The van der Waals surface area contributed by atoms with Gasteiger partial charge in [0.25, 0.3) is 5.91 Å². The normalized spacial score (nSPS) is 10.3. The van der Waals surface area contributed by atoms with E-state index in [4.69, 9.17) is 9.47 Å². The van der Waals surface area contributed by atoms with E-state index in [2.05, 4.69) is 5.32 Å². The van der Waals surface area contributed by atoms with Gasteiger partial charge in [-0.2, -0.15) is 0 Å². The fourth-order valence-corrected chi connectivity index (χ4v) is 2.84. The van der Waals surface area contributed by atoms with Gasteiger partial charge in [0, 0.05) is 17.3 Å². The van der Waals surface area contributed by atoms with E-state index in [9.17, 15) is 9.59 Å². The highest BCUT2D eigenvalue weighted by molar-refractivity contribution is 6.06. The molecule has 0 aliphatic rings. The number of Topliss-reactive ketones (excluding diaryl/α,β-unsaturated/α-hetero) is 1. The molecule has 0 aromatic heterocycles. The Labute approximate surface area is 170 Å². The predicted octanol–water partition coefficient (Wildman–Crippen LogP) is 4.83. The van der Waals surface area contributed by atoms with Crippen LogP contribution in [0.2, 0.25) is 0 Å². The molecule has 29 heavy (non-hydrogen) atoms. The second-order valence-electron chi connectivity index (χ2n) is 6.69. The van der Waals surface area contributed by atoms with Gasteiger partial charge < -0.3 is 14.8 Å². The Balaban J connectivity index is 1.65. The summed E-state index contributed by atoms with van der Waals surface area (Å²) in [5, 5.41) is 2.82. The minimum atomic E-state index is -0.286. The lowest BCUT2D eigenvalue weighted by Crippen LogP contribution is -2.14. The first-order chi connectivity index (χ1) is 14.0. The molecule has 5 nitrogen and oxygen atoms in total. The van der Waals surface area contributed by atoms with Crippen LogP contribution < -0.4 is 14.8 Å². The highest BCUT2D eigenvalue weighted by Crippen LogP contribution is 2.22. The number of benzene rings is 3. The van der Waals surface area contributed by atoms with Crippen molar-refractivity contribution in [3.8, 4) is 11.5 Å². The van der Waals surface area contributed by atoms with Crippen LogP contribution in [0.15, 0.2) is 66.7 Å². The number of carbonyl (C=O) groups is 2. The molecule has 3 aromatic rings. The van der Waals surface area contributed by atoms with Crippen LogP contribution in [0.3, 0.4) is 0 Å². The molecule has 148 valence electrons. The van der Waals surface area contributed by atoms with Crippen molar-refractivity contribution in [1.29, 1.82) is 0 Å². The zero-order chi connectivity index (χ0) is 20.8. The number of hydrogen-bond acceptors (Lipinski definition) is 4. The summed E-state index contributed by atoms with van der Waals surface area (Å²) in [6.45, 7) is 3.90. The van der Waals surface area contributed by atoms with Crippen molar-refractivity contribution in [1.82, 2.24) is 0 Å². The number of anilines is 1. The Bertz CT molecular complexity index is 1040. The Morgan fingerprint density at radius 2 is 1.69 bits per heavy atom. The molecule has 0 saturated heterocycles. The van der Waals surface area contributed by atoms with Gasteiger partial charge in [-0.1, -0.05) is 30.3 Å². The highest BCUT2D eigenvalue weighted by atomic mass is 16.5. The number of methoxy groups -OCH3 is 1. The maximum Gasteiger partial charge on any atom is 0.259 e. The second-order valence-corrected chi connectivity index (χ2v) is 6.69. The van der Waals surface area contributed by atoms with Crippen molar-refractivity contribution in [2.24, 2.45) is 0 Å². The Morgan fingerprint density at radius 3 is 2.45 bits per heavy atom. The second kappa shape index (κ2) is 9.06. The highest BCUT2D eigenvalue weighted by Gasteiger charge is 2.12. The van der Waals surface area contributed by atoms with Gasteiger partial charge in [0.15, 0.2) is 12.4 Å². The molecule has 0 spiro atoms. The lowest BCUT2D eigenvalue weighted by molar-refractivity contribution is 0.0920. The van der Waals surface area contributed by atoms with Gasteiger partial charge in [-0.25, -0.2) is 0 Å². The van der Waals surface area contributed by atoms with E-state index >= 15 is 0 Å². The predicted molar refractivity (Wildman–Crippen MR) is 113 cm³/mol. The summed E-state index contributed by atoms with van der Waals surface area (Å²) >= 11 is 0. The monoisotopic (exact) mass is 389 g/mol. The summed E-state index contributed by atoms with van der Waals surface area (Å²) in [6, 6.07) is 19.5. The SMILES string of the molecule is COc1ccccc1C(=O)Nc1cccc(OCC(=O)c2ccc(C)c(C)c2)c1.